The van der Waals surface area contributed by atoms with E-state index in [0.29, 0.717) is 43.5 Å². The van der Waals surface area contributed by atoms with Crippen LogP contribution in [-0.2, 0) is 16.1 Å². The molecule has 0 saturated carbocycles. The lowest BCUT2D eigenvalue weighted by Gasteiger charge is -2.31. The normalized spacial score (nSPS) is 16.7. The fourth-order valence-corrected chi connectivity index (χ4v) is 5.20. The number of oxazole rings is 1. The molecule has 2 saturated heterocycles. The molecule has 0 aliphatic carbocycles. The number of carbonyl (C=O) groups excluding carboxylic acids is 2. The zero-order valence-electron chi connectivity index (χ0n) is 23.8. The minimum absolute atomic E-state index is 0.00956. The number of nitrogens with zero attached hydrogens (tertiary/aromatic N) is 4. The van der Waals surface area contributed by atoms with Gasteiger partial charge in [-0.2, -0.15) is 0 Å². The van der Waals surface area contributed by atoms with Gasteiger partial charge >= 0.3 is 0 Å². The number of aryl methyl sites for hydroxylation is 1. The molecule has 1 amide bonds. The van der Waals surface area contributed by atoms with E-state index in [0.717, 1.165) is 30.1 Å². The summed E-state index contributed by atoms with van der Waals surface area (Å²) in [4.78, 5) is 33.1. The van der Waals surface area contributed by atoms with Crippen LogP contribution in [0, 0.1) is 6.92 Å². The summed E-state index contributed by atoms with van der Waals surface area (Å²) in [6.07, 6.45) is 5.39. The summed E-state index contributed by atoms with van der Waals surface area (Å²) in [7, 11) is 3.68. The predicted octanol–water partition coefficient (Wildman–Crippen LogP) is 3.77. The van der Waals surface area contributed by atoms with Crippen molar-refractivity contribution >= 4 is 17.9 Å². The molecule has 2 aliphatic rings. The number of aldehydes is 1. The molecule has 2 aromatic carbocycles. The van der Waals surface area contributed by atoms with Gasteiger partial charge in [-0.25, -0.2) is 4.98 Å². The zero-order chi connectivity index (χ0) is 28.3. The Balaban J connectivity index is 0.000000210. The van der Waals surface area contributed by atoms with E-state index in [2.05, 4.69) is 57.5 Å². The number of amides is 1. The summed E-state index contributed by atoms with van der Waals surface area (Å²) >= 11 is 0. The van der Waals surface area contributed by atoms with Crippen LogP contribution in [0.5, 0.6) is 5.75 Å². The second-order valence-electron chi connectivity index (χ2n) is 10.2. The van der Waals surface area contributed by atoms with E-state index in [-0.39, 0.29) is 12.5 Å². The van der Waals surface area contributed by atoms with Crippen molar-refractivity contribution in [2.45, 2.75) is 38.8 Å². The second kappa shape index (κ2) is 14.6. The van der Waals surface area contributed by atoms with Crippen molar-refractivity contribution in [1.82, 2.24) is 20.1 Å². The Labute approximate surface area is 237 Å². The predicted molar refractivity (Wildman–Crippen MR) is 157 cm³/mol. The molecule has 3 aromatic rings. The molecule has 9 heteroatoms. The molecular formula is C31H41N5O4. The van der Waals surface area contributed by atoms with E-state index in [1.165, 1.54) is 31.5 Å². The third-order valence-corrected chi connectivity index (χ3v) is 7.56. The van der Waals surface area contributed by atoms with E-state index in [4.69, 9.17) is 9.15 Å². The van der Waals surface area contributed by atoms with Gasteiger partial charge in [0.15, 0.2) is 11.7 Å². The molecule has 2 aliphatic heterocycles. The number of benzene rings is 2. The first-order chi connectivity index (χ1) is 19.5. The lowest BCUT2D eigenvalue weighted by molar-refractivity contribution is -0.132. The van der Waals surface area contributed by atoms with E-state index in [9.17, 15) is 9.59 Å². The number of nitrogens with one attached hydrogen (secondary N) is 1. The monoisotopic (exact) mass is 547 g/mol. The average molecular weight is 548 g/mol. The van der Waals surface area contributed by atoms with Gasteiger partial charge in [-0.1, -0.05) is 30.3 Å². The summed E-state index contributed by atoms with van der Waals surface area (Å²) in [6.45, 7) is 7.31. The molecule has 0 radical (unpaired) electrons. The molecule has 214 valence electrons. The molecule has 0 atom stereocenters. The number of likely N-dealkylation sites (tertiary alicyclic amines) is 1. The van der Waals surface area contributed by atoms with Gasteiger partial charge in [0.1, 0.15) is 12.0 Å². The second-order valence-corrected chi connectivity index (χ2v) is 10.2. The Bertz CT molecular complexity index is 1220. The molecular weight excluding hydrogens is 506 g/mol. The molecule has 2 fully saturated rings. The van der Waals surface area contributed by atoms with Gasteiger partial charge in [0.2, 0.25) is 5.91 Å². The van der Waals surface area contributed by atoms with Crippen molar-refractivity contribution in [2.24, 2.45) is 0 Å². The summed E-state index contributed by atoms with van der Waals surface area (Å²) < 4.78 is 11.1. The SMILES string of the molecule is CNC1CCN(Cc2ccccc2)CC1.COc1cc(N2CCC(=O)N(CC=O)CC2)ccc1-c1cnc(C)o1. The number of anilines is 1. The van der Waals surface area contributed by atoms with Gasteiger partial charge in [-0.15, -0.1) is 0 Å². The fourth-order valence-electron chi connectivity index (χ4n) is 5.20. The van der Waals surface area contributed by atoms with Crippen LogP contribution in [-0.4, -0.2) is 86.4 Å². The molecule has 1 aromatic heterocycles. The topological polar surface area (TPSA) is 91.2 Å². The summed E-state index contributed by atoms with van der Waals surface area (Å²) in [5, 5.41) is 3.36. The van der Waals surface area contributed by atoms with Crippen molar-refractivity contribution < 1.29 is 18.7 Å². The average Bonchev–Trinajstić information content (AvgIpc) is 3.34. The maximum Gasteiger partial charge on any atom is 0.224 e. The number of hydrogen-bond acceptors (Lipinski definition) is 8. The first kappa shape index (κ1) is 29.3. The summed E-state index contributed by atoms with van der Waals surface area (Å²) in [6, 6.07) is 17.3. The third kappa shape index (κ3) is 7.92. The number of ether oxygens (including phenoxy) is 1. The third-order valence-electron chi connectivity index (χ3n) is 7.56. The van der Waals surface area contributed by atoms with Crippen molar-refractivity contribution in [3.05, 3.63) is 66.2 Å². The van der Waals surface area contributed by atoms with Gasteiger partial charge < -0.3 is 29.1 Å². The molecule has 3 heterocycles. The van der Waals surface area contributed by atoms with Gasteiger partial charge in [0, 0.05) is 57.3 Å². The van der Waals surface area contributed by atoms with Crippen molar-refractivity contribution in [2.75, 3.05) is 58.3 Å². The maximum absolute atomic E-state index is 12.0. The van der Waals surface area contributed by atoms with Gasteiger partial charge in [-0.3, -0.25) is 9.69 Å². The smallest absolute Gasteiger partial charge is 0.224 e. The lowest BCUT2D eigenvalue weighted by Crippen LogP contribution is -2.40. The molecule has 9 nitrogen and oxygen atoms in total. The van der Waals surface area contributed by atoms with Crippen LogP contribution in [0.4, 0.5) is 5.69 Å². The van der Waals surface area contributed by atoms with Crippen LogP contribution in [0.3, 0.4) is 0 Å². The van der Waals surface area contributed by atoms with Crippen molar-refractivity contribution in [1.29, 1.82) is 0 Å². The highest BCUT2D eigenvalue weighted by atomic mass is 16.5. The molecule has 0 spiro atoms. The summed E-state index contributed by atoms with van der Waals surface area (Å²) in [5.41, 5.74) is 3.23. The lowest BCUT2D eigenvalue weighted by atomic mass is 10.0. The molecule has 40 heavy (non-hydrogen) atoms. The van der Waals surface area contributed by atoms with Crippen molar-refractivity contribution in [3.63, 3.8) is 0 Å². The van der Waals surface area contributed by atoms with Gasteiger partial charge in [-0.05, 0) is 50.7 Å². The number of methoxy groups -OCH3 is 1. The zero-order valence-corrected chi connectivity index (χ0v) is 23.8. The van der Waals surface area contributed by atoms with E-state index in [1.807, 2.05) is 18.2 Å². The highest BCUT2D eigenvalue weighted by Crippen LogP contribution is 2.34. The van der Waals surface area contributed by atoms with Crippen LogP contribution in [0.15, 0.2) is 59.1 Å². The first-order valence-electron chi connectivity index (χ1n) is 14.0. The van der Waals surface area contributed by atoms with Crippen LogP contribution < -0.4 is 15.0 Å². The van der Waals surface area contributed by atoms with E-state index >= 15 is 0 Å². The Kier molecular flexibility index (Phi) is 10.7. The highest BCUT2D eigenvalue weighted by molar-refractivity contribution is 5.80. The van der Waals surface area contributed by atoms with Gasteiger partial charge in [0.05, 0.1) is 25.4 Å². The van der Waals surface area contributed by atoms with E-state index in [1.54, 1.807) is 25.1 Å². The molecule has 1 N–H and O–H groups in total. The Morgan fingerprint density at radius 3 is 2.50 bits per heavy atom. The number of carbonyl (C=O) groups is 2. The summed E-state index contributed by atoms with van der Waals surface area (Å²) in [5.74, 6) is 1.95. The first-order valence-corrected chi connectivity index (χ1v) is 14.0. The number of aromatic nitrogens is 1. The van der Waals surface area contributed by atoms with Crippen LogP contribution in [0.2, 0.25) is 0 Å². The standard InChI is InChI=1S/C18H21N3O4.C13H20N2/c1-13-19-12-17(25-13)15-4-3-14(11-16(15)24-2)20-6-5-18(23)21(8-7-20)9-10-22;1-14-13-7-9-15(10-8-13)11-12-5-3-2-4-6-12/h3-4,10-12H,5-9H2,1-2H3;2-6,13-14H,7-11H2,1H3. The molecule has 0 bridgehead atoms. The largest absolute Gasteiger partial charge is 0.496 e. The minimum Gasteiger partial charge on any atom is -0.496 e. The Morgan fingerprint density at radius 1 is 1.07 bits per heavy atom. The quantitative estimate of drug-likeness (QED) is 0.427. The Morgan fingerprint density at radius 2 is 1.85 bits per heavy atom. The van der Waals surface area contributed by atoms with Crippen LogP contribution in [0.1, 0.15) is 30.7 Å². The molecule has 0 unspecified atom stereocenters. The number of rotatable bonds is 8. The molecule has 5 rings (SSSR count). The Hall–Kier alpha value is -3.69. The number of piperidine rings is 1. The fraction of sp³-hybridized carbons (Fsp3) is 0.452. The minimum atomic E-state index is 0.00956. The van der Waals surface area contributed by atoms with Crippen LogP contribution >= 0.6 is 0 Å². The van der Waals surface area contributed by atoms with Gasteiger partial charge in [0.25, 0.3) is 0 Å². The van der Waals surface area contributed by atoms with Crippen LogP contribution in [0.25, 0.3) is 11.3 Å². The highest BCUT2D eigenvalue weighted by Gasteiger charge is 2.22. The van der Waals surface area contributed by atoms with Crippen molar-refractivity contribution in [3.8, 4) is 17.1 Å². The van der Waals surface area contributed by atoms with E-state index < -0.39 is 0 Å². The number of hydrogen-bond donors (Lipinski definition) is 1. The maximum atomic E-state index is 12.0.